The molecule has 2 N–H and O–H groups in total. The monoisotopic (exact) mass is 424 g/mol. The second kappa shape index (κ2) is 10.3. The first-order valence-corrected chi connectivity index (χ1v) is 9.76. The molecule has 1 aliphatic rings. The quantitative estimate of drug-likeness (QED) is 0.384. The van der Waals surface area contributed by atoms with E-state index in [2.05, 4.69) is 21.9 Å². The molecule has 0 spiro atoms. The van der Waals surface area contributed by atoms with Crippen molar-refractivity contribution in [3.05, 3.63) is 72.3 Å². The maximum absolute atomic E-state index is 12.4. The third kappa shape index (κ3) is 5.22. The number of rotatable bonds is 8. The first-order chi connectivity index (χ1) is 15.0. The van der Waals surface area contributed by atoms with E-state index in [0.717, 1.165) is 22.3 Å². The molecule has 1 aliphatic carbocycles. The number of ether oxygens (including phenoxy) is 3. The van der Waals surface area contributed by atoms with Gasteiger partial charge in [0.15, 0.2) is 0 Å². The zero-order chi connectivity index (χ0) is 22.2. The Labute approximate surface area is 180 Å². The minimum absolute atomic E-state index is 0.0224. The molecule has 0 bridgehead atoms. The number of nitrogens with one attached hydrogen (secondary N) is 2. The molecule has 8 heteroatoms. The number of amides is 2. The van der Waals surface area contributed by atoms with Gasteiger partial charge in [0, 0.05) is 5.92 Å². The van der Waals surface area contributed by atoms with Crippen molar-refractivity contribution in [1.29, 1.82) is 0 Å². The van der Waals surface area contributed by atoms with Crippen LogP contribution >= 0.6 is 0 Å². The zero-order valence-electron chi connectivity index (χ0n) is 17.1. The highest BCUT2D eigenvalue weighted by Crippen LogP contribution is 2.44. The highest BCUT2D eigenvalue weighted by molar-refractivity contribution is 5.82. The van der Waals surface area contributed by atoms with Crippen LogP contribution in [0.5, 0.6) is 0 Å². The first-order valence-electron chi connectivity index (χ1n) is 9.76. The van der Waals surface area contributed by atoms with E-state index >= 15 is 0 Å². The van der Waals surface area contributed by atoms with Gasteiger partial charge in [-0.2, -0.15) is 0 Å². The van der Waals surface area contributed by atoms with Crippen molar-refractivity contribution >= 4 is 18.2 Å². The summed E-state index contributed by atoms with van der Waals surface area (Å²) >= 11 is 0. The van der Waals surface area contributed by atoms with E-state index in [1.165, 1.54) is 13.2 Å². The molecule has 3 rings (SSSR count). The number of alkyl carbamates (subject to hydrolysis) is 2. The van der Waals surface area contributed by atoms with Crippen molar-refractivity contribution in [2.75, 3.05) is 26.9 Å². The van der Waals surface area contributed by atoms with Crippen molar-refractivity contribution < 1.29 is 28.6 Å². The minimum atomic E-state index is -1.13. The molecular weight excluding hydrogens is 400 g/mol. The number of esters is 1. The first kappa shape index (κ1) is 21.9. The molecule has 0 heterocycles. The summed E-state index contributed by atoms with van der Waals surface area (Å²) < 4.78 is 14.9. The Balaban J connectivity index is 1.61. The van der Waals surface area contributed by atoms with Gasteiger partial charge in [-0.3, -0.25) is 0 Å². The number of benzene rings is 2. The van der Waals surface area contributed by atoms with E-state index in [1.807, 2.05) is 48.5 Å². The number of fused-ring (bicyclic) bond motifs is 3. The Morgan fingerprint density at radius 1 is 1.00 bits per heavy atom. The topological polar surface area (TPSA) is 103 Å². The van der Waals surface area contributed by atoms with Gasteiger partial charge in [0.25, 0.3) is 0 Å². The second-order valence-corrected chi connectivity index (χ2v) is 6.81. The molecule has 2 amide bonds. The normalized spacial score (nSPS) is 12.7. The van der Waals surface area contributed by atoms with Crippen LogP contribution in [0, 0.1) is 0 Å². The molecule has 0 unspecified atom stereocenters. The summed E-state index contributed by atoms with van der Waals surface area (Å²) in [6.45, 7) is 3.34. The molecule has 0 fully saturated rings. The van der Waals surface area contributed by atoms with Gasteiger partial charge in [-0.05, 0) is 22.3 Å². The van der Waals surface area contributed by atoms with Crippen molar-refractivity contribution in [3.8, 4) is 11.1 Å². The molecule has 0 radical (unpaired) electrons. The second-order valence-electron chi connectivity index (χ2n) is 6.81. The van der Waals surface area contributed by atoms with Gasteiger partial charge in [-0.1, -0.05) is 61.2 Å². The molecule has 31 heavy (non-hydrogen) atoms. The van der Waals surface area contributed by atoms with Crippen LogP contribution in [0.25, 0.3) is 11.1 Å². The lowest BCUT2D eigenvalue weighted by molar-refractivity contribution is -0.142. The minimum Gasteiger partial charge on any atom is -0.467 e. The van der Waals surface area contributed by atoms with E-state index in [-0.39, 0.29) is 25.7 Å². The van der Waals surface area contributed by atoms with Gasteiger partial charge in [-0.25, -0.2) is 14.4 Å². The lowest BCUT2D eigenvalue weighted by Crippen LogP contribution is -2.49. The van der Waals surface area contributed by atoms with E-state index in [1.54, 1.807) is 0 Å². The Morgan fingerprint density at radius 2 is 1.61 bits per heavy atom. The molecule has 0 aliphatic heterocycles. The van der Waals surface area contributed by atoms with Crippen molar-refractivity contribution in [3.63, 3.8) is 0 Å². The summed E-state index contributed by atoms with van der Waals surface area (Å²) in [5.74, 6) is -0.834. The predicted molar refractivity (Wildman–Crippen MR) is 114 cm³/mol. The lowest BCUT2D eigenvalue weighted by Gasteiger charge is -2.18. The molecule has 0 aromatic heterocycles. The Hall–Kier alpha value is -3.81. The summed E-state index contributed by atoms with van der Waals surface area (Å²) in [7, 11) is 1.19. The Bertz CT molecular complexity index is 929. The number of methoxy groups -OCH3 is 1. The van der Waals surface area contributed by atoms with Gasteiger partial charge in [-0.15, -0.1) is 0 Å². The van der Waals surface area contributed by atoms with Gasteiger partial charge < -0.3 is 24.8 Å². The fourth-order valence-electron chi connectivity index (χ4n) is 3.49. The van der Waals surface area contributed by atoms with Crippen LogP contribution in [-0.4, -0.2) is 51.1 Å². The number of hydrogen-bond acceptors (Lipinski definition) is 6. The standard InChI is InChI=1S/C23H24N2O6/c1-3-12-30-22(27)24-13-20(21(26)29-2)25-23(28)31-14-19-17-10-6-4-8-15(17)16-9-5-7-11-18(16)19/h3-11,19-20H,1,12-14H2,2H3,(H,24,27)(H,25,28)/t20-/m0/s1. The van der Waals surface area contributed by atoms with Crippen LogP contribution in [-0.2, 0) is 19.0 Å². The average Bonchev–Trinajstić information content (AvgIpc) is 3.12. The van der Waals surface area contributed by atoms with Crippen LogP contribution < -0.4 is 10.6 Å². The molecule has 1 atom stereocenters. The maximum atomic E-state index is 12.4. The molecular formula is C23H24N2O6. The summed E-state index contributed by atoms with van der Waals surface area (Å²) in [6, 6.07) is 14.8. The number of carbonyl (C=O) groups is 3. The molecule has 2 aromatic carbocycles. The van der Waals surface area contributed by atoms with Crippen LogP contribution in [0.3, 0.4) is 0 Å². The third-order valence-electron chi connectivity index (χ3n) is 4.90. The zero-order valence-corrected chi connectivity index (χ0v) is 17.1. The van der Waals surface area contributed by atoms with Gasteiger partial charge in [0.2, 0.25) is 0 Å². The molecule has 2 aromatic rings. The SMILES string of the molecule is C=CCOC(=O)NC[C@H](NC(=O)OCC1c2ccccc2-c2ccccc21)C(=O)OC. The van der Waals surface area contributed by atoms with E-state index < -0.39 is 24.2 Å². The van der Waals surface area contributed by atoms with Gasteiger partial charge in [0.1, 0.15) is 19.3 Å². The van der Waals surface area contributed by atoms with Crippen LogP contribution in [0.15, 0.2) is 61.2 Å². The van der Waals surface area contributed by atoms with Gasteiger partial charge in [0.05, 0.1) is 13.7 Å². The van der Waals surface area contributed by atoms with Crippen LogP contribution in [0.4, 0.5) is 9.59 Å². The van der Waals surface area contributed by atoms with Gasteiger partial charge >= 0.3 is 18.2 Å². The highest BCUT2D eigenvalue weighted by Gasteiger charge is 2.30. The Morgan fingerprint density at radius 3 is 2.19 bits per heavy atom. The van der Waals surface area contributed by atoms with Crippen molar-refractivity contribution in [2.45, 2.75) is 12.0 Å². The summed E-state index contributed by atoms with van der Waals surface area (Å²) in [6.07, 6.45) is -0.131. The van der Waals surface area contributed by atoms with Crippen LogP contribution in [0.2, 0.25) is 0 Å². The Kier molecular flexibility index (Phi) is 7.26. The van der Waals surface area contributed by atoms with Crippen molar-refractivity contribution in [2.24, 2.45) is 0 Å². The van der Waals surface area contributed by atoms with E-state index in [4.69, 9.17) is 9.47 Å². The van der Waals surface area contributed by atoms with Crippen LogP contribution in [0.1, 0.15) is 17.0 Å². The molecule has 8 nitrogen and oxygen atoms in total. The largest absolute Gasteiger partial charge is 0.467 e. The summed E-state index contributed by atoms with van der Waals surface area (Å²) in [4.78, 5) is 35.9. The summed E-state index contributed by atoms with van der Waals surface area (Å²) in [5, 5.41) is 4.81. The average molecular weight is 424 g/mol. The predicted octanol–water partition coefficient (Wildman–Crippen LogP) is 2.98. The molecule has 162 valence electrons. The van der Waals surface area contributed by atoms with Crippen molar-refractivity contribution in [1.82, 2.24) is 10.6 Å². The fraction of sp³-hybridized carbons (Fsp3) is 0.261. The number of carbonyl (C=O) groups excluding carboxylic acids is 3. The smallest absolute Gasteiger partial charge is 0.407 e. The molecule has 0 saturated carbocycles. The molecule has 0 saturated heterocycles. The lowest BCUT2D eigenvalue weighted by atomic mass is 9.98. The van der Waals surface area contributed by atoms with E-state index in [9.17, 15) is 14.4 Å². The third-order valence-corrected chi connectivity index (χ3v) is 4.90. The summed E-state index contributed by atoms with van der Waals surface area (Å²) in [5.41, 5.74) is 4.38. The fourth-order valence-corrected chi connectivity index (χ4v) is 3.49. The maximum Gasteiger partial charge on any atom is 0.407 e. The van der Waals surface area contributed by atoms with E-state index in [0.29, 0.717) is 0 Å². The number of hydrogen-bond donors (Lipinski definition) is 2. The highest BCUT2D eigenvalue weighted by atomic mass is 16.6.